The quantitative estimate of drug-likeness (QED) is 0.486. The Hall–Kier alpha value is -2.51. The van der Waals surface area contributed by atoms with Crippen LogP contribution in [0.1, 0.15) is 40.7 Å². The average molecular weight is 356 g/mol. The molecule has 138 valence electrons. The molecule has 2 atom stereocenters. The summed E-state index contributed by atoms with van der Waals surface area (Å²) in [6.07, 6.45) is 3.24. The normalized spacial score (nSPS) is 20.7. The van der Waals surface area contributed by atoms with Gasteiger partial charge in [-0.2, -0.15) is 0 Å². The molecule has 0 saturated carbocycles. The molecule has 1 aromatic rings. The molecule has 0 bridgehead atoms. The third-order valence-corrected chi connectivity index (χ3v) is 4.92. The Morgan fingerprint density at radius 1 is 1.38 bits per heavy atom. The number of nitrogens with zero attached hydrogens (tertiary/aromatic N) is 1. The topological polar surface area (TPSA) is 105 Å². The minimum Gasteiger partial charge on any atom is -0.329 e. The Morgan fingerprint density at radius 3 is 2.88 bits per heavy atom. The highest BCUT2D eigenvalue weighted by atomic mass is 16.2. The van der Waals surface area contributed by atoms with Gasteiger partial charge < -0.3 is 16.0 Å². The highest BCUT2D eigenvalue weighted by Crippen LogP contribution is 2.28. The smallest absolute Gasteiger partial charge is 0.255 e. The standard InChI is InChI=1S/C19H24N4O3/c1-2-3-14(9-20)21-10-12-4-5-13-11-23(19(26)15(13)8-12)16-6-7-17(24)22-18(16)25/h2,4-5,8,14,16,21H,1,3,6-7,9-11,20H2,(H,22,24,25). The van der Waals surface area contributed by atoms with Crippen molar-refractivity contribution in [1.29, 1.82) is 0 Å². The number of carbonyl (C=O) groups excluding carboxylic acids is 3. The second kappa shape index (κ2) is 7.80. The first kappa shape index (κ1) is 18.3. The zero-order valence-electron chi connectivity index (χ0n) is 14.7. The molecule has 3 amide bonds. The minimum atomic E-state index is -0.580. The van der Waals surface area contributed by atoms with E-state index < -0.39 is 6.04 Å². The van der Waals surface area contributed by atoms with Crippen LogP contribution in [0.3, 0.4) is 0 Å². The summed E-state index contributed by atoms with van der Waals surface area (Å²) >= 11 is 0. The average Bonchev–Trinajstić information content (AvgIpc) is 2.95. The van der Waals surface area contributed by atoms with Crippen molar-refractivity contribution in [1.82, 2.24) is 15.5 Å². The highest BCUT2D eigenvalue weighted by Gasteiger charge is 2.39. The fourth-order valence-electron chi connectivity index (χ4n) is 3.44. The molecule has 7 heteroatoms. The zero-order valence-corrected chi connectivity index (χ0v) is 14.7. The lowest BCUT2D eigenvalue weighted by Gasteiger charge is -2.29. The second-order valence-electron chi connectivity index (χ2n) is 6.73. The van der Waals surface area contributed by atoms with Crippen molar-refractivity contribution in [2.75, 3.05) is 6.54 Å². The molecule has 1 saturated heterocycles. The van der Waals surface area contributed by atoms with Crippen molar-refractivity contribution in [3.63, 3.8) is 0 Å². The van der Waals surface area contributed by atoms with Crippen LogP contribution in [-0.4, -0.2) is 41.2 Å². The highest BCUT2D eigenvalue weighted by molar-refractivity contribution is 6.05. The first-order valence-corrected chi connectivity index (χ1v) is 8.84. The molecule has 7 nitrogen and oxygen atoms in total. The van der Waals surface area contributed by atoms with Gasteiger partial charge in [0.1, 0.15) is 6.04 Å². The number of hydrogen-bond donors (Lipinski definition) is 3. The summed E-state index contributed by atoms with van der Waals surface area (Å²) in [5.41, 5.74) is 8.25. The lowest BCUT2D eigenvalue weighted by atomic mass is 10.0. The third kappa shape index (κ3) is 3.68. The van der Waals surface area contributed by atoms with E-state index in [-0.39, 0.29) is 30.2 Å². The third-order valence-electron chi connectivity index (χ3n) is 4.92. The molecular formula is C19H24N4O3. The Kier molecular flexibility index (Phi) is 5.49. The van der Waals surface area contributed by atoms with E-state index in [1.165, 1.54) is 0 Å². The van der Waals surface area contributed by atoms with Crippen LogP contribution in [0.4, 0.5) is 0 Å². The van der Waals surface area contributed by atoms with Gasteiger partial charge in [0.25, 0.3) is 5.91 Å². The number of carbonyl (C=O) groups is 3. The number of amides is 3. The van der Waals surface area contributed by atoms with Gasteiger partial charge in [0.05, 0.1) is 0 Å². The molecule has 0 aliphatic carbocycles. The van der Waals surface area contributed by atoms with E-state index in [9.17, 15) is 14.4 Å². The number of fused-ring (bicyclic) bond motifs is 1. The fourth-order valence-corrected chi connectivity index (χ4v) is 3.44. The molecule has 3 rings (SSSR count). The summed E-state index contributed by atoms with van der Waals surface area (Å²) < 4.78 is 0. The number of imide groups is 1. The molecule has 2 heterocycles. The van der Waals surface area contributed by atoms with E-state index in [0.717, 1.165) is 17.5 Å². The maximum Gasteiger partial charge on any atom is 0.255 e. The molecule has 4 N–H and O–H groups in total. The van der Waals surface area contributed by atoms with Crippen molar-refractivity contribution in [2.24, 2.45) is 5.73 Å². The summed E-state index contributed by atoms with van der Waals surface area (Å²) in [7, 11) is 0. The minimum absolute atomic E-state index is 0.149. The predicted octanol–water partition coefficient (Wildman–Crippen LogP) is 0.441. The number of hydrogen-bond acceptors (Lipinski definition) is 5. The van der Waals surface area contributed by atoms with E-state index in [0.29, 0.717) is 31.6 Å². The van der Waals surface area contributed by atoms with Crippen LogP contribution in [0, 0.1) is 0 Å². The molecule has 1 aromatic carbocycles. The van der Waals surface area contributed by atoms with Crippen molar-refractivity contribution < 1.29 is 14.4 Å². The van der Waals surface area contributed by atoms with Crippen molar-refractivity contribution in [3.8, 4) is 0 Å². The van der Waals surface area contributed by atoms with E-state index in [1.54, 1.807) is 4.90 Å². The fraction of sp³-hybridized carbons (Fsp3) is 0.421. The SMILES string of the molecule is C=CCC(CN)NCc1ccc2c(c1)C(=O)N(C1CCC(=O)NC1=O)C2. The number of benzene rings is 1. The Morgan fingerprint density at radius 2 is 2.19 bits per heavy atom. The van der Waals surface area contributed by atoms with Gasteiger partial charge >= 0.3 is 0 Å². The van der Waals surface area contributed by atoms with Crippen molar-refractivity contribution in [3.05, 3.63) is 47.5 Å². The Labute approximate surface area is 152 Å². The predicted molar refractivity (Wildman–Crippen MR) is 97.0 cm³/mol. The van der Waals surface area contributed by atoms with E-state index in [2.05, 4.69) is 17.2 Å². The van der Waals surface area contributed by atoms with Crippen LogP contribution in [-0.2, 0) is 22.7 Å². The van der Waals surface area contributed by atoms with Gasteiger partial charge in [-0.1, -0.05) is 18.2 Å². The van der Waals surface area contributed by atoms with Gasteiger partial charge in [0, 0.05) is 37.7 Å². The van der Waals surface area contributed by atoms with Gasteiger partial charge in [-0.05, 0) is 30.0 Å². The second-order valence-corrected chi connectivity index (χ2v) is 6.73. The van der Waals surface area contributed by atoms with Crippen LogP contribution < -0.4 is 16.4 Å². The lowest BCUT2D eigenvalue weighted by molar-refractivity contribution is -0.136. The Balaban J connectivity index is 1.69. The van der Waals surface area contributed by atoms with Crippen LogP contribution >= 0.6 is 0 Å². The molecular weight excluding hydrogens is 332 g/mol. The largest absolute Gasteiger partial charge is 0.329 e. The molecule has 0 radical (unpaired) electrons. The van der Waals surface area contributed by atoms with Gasteiger partial charge in [-0.25, -0.2) is 0 Å². The maximum atomic E-state index is 12.8. The van der Waals surface area contributed by atoms with Crippen molar-refractivity contribution in [2.45, 2.75) is 44.4 Å². The summed E-state index contributed by atoms with van der Waals surface area (Å²) in [5.74, 6) is -0.824. The molecule has 0 spiro atoms. The van der Waals surface area contributed by atoms with Crippen LogP contribution in [0.5, 0.6) is 0 Å². The maximum absolute atomic E-state index is 12.8. The van der Waals surface area contributed by atoms with Gasteiger partial charge in [0.2, 0.25) is 11.8 Å². The number of rotatable bonds is 7. The summed E-state index contributed by atoms with van der Waals surface area (Å²) in [6, 6.07) is 5.35. The van der Waals surface area contributed by atoms with Gasteiger partial charge in [-0.3, -0.25) is 19.7 Å². The van der Waals surface area contributed by atoms with Crippen LogP contribution in [0.15, 0.2) is 30.9 Å². The summed E-state index contributed by atoms with van der Waals surface area (Å²) in [6.45, 7) is 5.24. The van der Waals surface area contributed by atoms with Gasteiger partial charge in [-0.15, -0.1) is 6.58 Å². The van der Waals surface area contributed by atoms with E-state index >= 15 is 0 Å². The molecule has 2 unspecified atom stereocenters. The molecule has 1 fully saturated rings. The van der Waals surface area contributed by atoms with Gasteiger partial charge in [0.15, 0.2) is 0 Å². The summed E-state index contributed by atoms with van der Waals surface area (Å²) in [4.78, 5) is 37.7. The zero-order chi connectivity index (χ0) is 18.7. The summed E-state index contributed by atoms with van der Waals surface area (Å²) in [5, 5.41) is 5.67. The number of nitrogens with two attached hydrogens (primary N) is 1. The van der Waals surface area contributed by atoms with Crippen LogP contribution in [0.2, 0.25) is 0 Å². The molecule has 2 aliphatic heterocycles. The first-order valence-electron chi connectivity index (χ1n) is 8.84. The number of piperidine rings is 1. The van der Waals surface area contributed by atoms with Crippen LogP contribution in [0.25, 0.3) is 0 Å². The van der Waals surface area contributed by atoms with E-state index in [4.69, 9.17) is 5.73 Å². The first-order chi connectivity index (χ1) is 12.5. The van der Waals surface area contributed by atoms with Crippen molar-refractivity contribution >= 4 is 17.7 Å². The number of nitrogens with one attached hydrogen (secondary N) is 2. The molecule has 26 heavy (non-hydrogen) atoms. The molecule has 0 aromatic heterocycles. The Bertz CT molecular complexity index is 746. The van der Waals surface area contributed by atoms with E-state index in [1.807, 2.05) is 24.3 Å². The molecule has 2 aliphatic rings. The monoisotopic (exact) mass is 356 g/mol. The lowest BCUT2D eigenvalue weighted by Crippen LogP contribution is -2.52.